The van der Waals surface area contributed by atoms with Gasteiger partial charge in [0.05, 0.1) is 0 Å². The molecule has 0 aliphatic heterocycles. The minimum absolute atomic E-state index is 0.101. The second-order valence-electron chi connectivity index (χ2n) is 6.81. The lowest BCUT2D eigenvalue weighted by Gasteiger charge is -2.20. The Hall–Kier alpha value is -2.69. The number of aryl methyl sites for hydroxylation is 1. The van der Waals surface area contributed by atoms with Gasteiger partial charge in [-0.05, 0) is 36.0 Å². The SMILES string of the molecule is CC(C)C[C@@H](NC(=O)CCc1ccccc1)C(=O)NCc1cccnc1. The fourth-order valence-corrected chi connectivity index (χ4v) is 2.69. The summed E-state index contributed by atoms with van der Waals surface area (Å²) < 4.78 is 0. The van der Waals surface area contributed by atoms with Crippen molar-refractivity contribution >= 4 is 11.8 Å². The molecular weight excluding hydrogens is 326 g/mol. The van der Waals surface area contributed by atoms with Gasteiger partial charge in [0.25, 0.3) is 0 Å². The number of amides is 2. The maximum absolute atomic E-state index is 12.5. The molecule has 5 nitrogen and oxygen atoms in total. The maximum Gasteiger partial charge on any atom is 0.242 e. The molecule has 26 heavy (non-hydrogen) atoms. The van der Waals surface area contributed by atoms with Crippen molar-refractivity contribution in [3.8, 4) is 0 Å². The van der Waals surface area contributed by atoms with Crippen molar-refractivity contribution in [2.45, 2.75) is 45.7 Å². The minimum Gasteiger partial charge on any atom is -0.350 e. The summed E-state index contributed by atoms with van der Waals surface area (Å²) in [6, 6.07) is 13.1. The van der Waals surface area contributed by atoms with E-state index in [1.54, 1.807) is 12.4 Å². The second kappa shape index (κ2) is 10.3. The summed E-state index contributed by atoms with van der Waals surface area (Å²) in [4.78, 5) is 28.8. The van der Waals surface area contributed by atoms with E-state index in [0.29, 0.717) is 31.7 Å². The Morgan fingerprint density at radius 2 is 1.77 bits per heavy atom. The van der Waals surface area contributed by atoms with Crippen molar-refractivity contribution in [2.75, 3.05) is 0 Å². The van der Waals surface area contributed by atoms with Gasteiger partial charge in [-0.1, -0.05) is 50.2 Å². The van der Waals surface area contributed by atoms with Crippen molar-refractivity contribution in [1.82, 2.24) is 15.6 Å². The van der Waals surface area contributed by atoms with Gasteiger partial charge in [0.1, 0.15) is 6.04 Å². The second-order valence-corrected chi connectivity index (χ2v) is 6.81. The Balaban J connectivity index is 1.86. The first-order valence-corrected chi connectivity index (χ1v) is 9.04. The number of pyridine rings is 1. The highest BCUT2D eigenvalue weighted by Crippen LogP contribution is 2.07. The molecule has 0 saturated heterocycles. The first kappa shape index (κ1) is 19.6. The number of hydrogen-bond donors (Lipinski definition) is 2. The number of aromatic nitrogens is 1. The molecule has 0 spiro atoms. The summed E-state index contributed by atoms with van der Waals surface area (Å²) in [6.07, 6.45) is 5.05. The first-order valence-electron chi connectivity index (χ1n) is 9.04. The summed E-state index contributed by atoms with van der Waals surface area (Å²) >= 11 is 0. The van der Waals surface area contributed by atoms with E-state index in [9.17, 15) is 9.59 Å². The molecule has 0 aliphatic carbocycles. The van der Waals surface area contributed by atoms with Gasteiger partial charge in [-0.3, -0.25) is 14.6 Å². The Bertz CT molecular complexity index is 687. The van der Waals surface area contributed by atoms with Crippen molar-refractivity contribution in [3.63, 3.8) is 0 Å². The molecule has 2 rings (SSSR count). The van der Waals surface area contributed by atoms with Crippen LogP contribution < -0.4 is 10.6 Å². The number of nitrogens with one attached hydrogen (secondary N) is 2. The molecule has 2 amide bonds. The molecule has 0 unspecified atom stereocenters. The molecule has 0 fully saturated rings. The Morgan fingerprint density at radius 1 is 1.04 bits per heavy atom. The van der Waals surface area contributed by atoms with Crippen LogP contribution in [0.1, 0.15) is 37.8 Å². The molecule has 0 aliphatic rings. The van der Waals surface area contributed by atoms with Crippen LogP contribution in [0.2, 0.25) is 0 Å². The zero-order valence-electron chi connectivity index (χ0n) is 15.4. The maximum atomic E-state index is 12.5. The summed E-state index contributed by atoms with van der Waals surface area (Å²) in [5.74, 6) is 0.0465. The molecule has 0 radical (unpaired) electrons. The van der Waals surface area contributed by atoms with Gasteiger partial charge < -0.3 is 10.6 Å². The third kappa shape index (κ3) is 7.05. The van der Waals surface area contributed by atoms with Crippen molar-refractivity contribution in [3.05, 3.63) is 66.0 Å². The van der Waals surface area contributed by atoms with Crippen LogP contribution in [-0.2, 0) is 22.6 Å². The van der Waals surface area contributed by atoms with Crippen LogP contribution in [0.5, 0.6) is 0 Å². The first-order chi connectivity index (χ1) is 12.5. The molecule has 2 N–H and O–H groups in total. The number of rotatable bonds is 9. The summed E-state index contributed by atoms with van der Waals surface area (Å²) in [5.41, 5.74) is 2.05. The van der Waals surface area contributed by atoms with Crippen LogP contribution in [0.25, 0.3) is 0 Å². The smallest absolute Gasteiger partial charge is 0.242 e. The van der Waals surface area contributed by atoms with Crippen molar-refractivity contribution in [2.24, 2.45) is 5.92 Å². The molecule has 1 heterocycles. The third-order valence-electron chi connectivity index (χ3n) is 4.03. The quantitative estimate of drug-likeness (QED) is 0.728. The highest BCUT2D eigenvalue weighted by Gasteiger charge is 2.21. The lowest BCUT2D eigenvalue weighted by atomic mass is 10.0. The Labute approximate surface area is 155 Å². The predicted octanol–water partition coefficient (Wildman–Crippen LogP) is 2.86. The fourth-order valence-electron chi connectivity index (χ4n) is 2.69. The molecule has 1 atom stereocenters. The van der Waals surface area contributed by atoms with Crippen LogP contribution in [0, 0.1) is 5.92 Å². The van der Waals surface area contributed by atoms with Crippen LogP contribution in [0.4, 0.5) is 0 Å². The molecule has 2 aromatic rings. The normalized spacial score (nSPS) is 11.8. The lowest BCUT2D eigenvalue weighted by Crippen LogP contribution is -2.47. The molecule has 0 bridgehead atoms. The Kier molecular flexibility index (Phi) is 7.80. The summed E-state index contributed by atoms with van der Waals surface area (Å²) in [7, 11) is 0. The number of benzene rings is 1. The van der Waals surface area contributed by atoms with Gasteiger partial charge in [-0.15, -0.1) is 0 Å². The molecular formula is C21H27N3O2. The average Bonchev–Trinajstić information content (AvgIpc) is 2.65. The number of carbonyl (C=O) groups excluding carboxylic acids is 2. The molecule has 138 valence electrons. The predicted molar refractivity (Wildman–Crippen MR) is 102 cm³/mol. The molecule has 1 aromatic carbocycles. The zero-order chi connectivity index (χ0) is 18.8. The highest BCUT2D eigenvalue weighted by atomic mass is 16.2. The number of nitrogens with zero attached hydrogens (tertiary/aromatic N) is 1. The van der Waals surface area contributed by atoms with E-state index in [1.165, 1.54) is 0 Å². The van der Waals surface area contributed by atoms with Gasteiger partial charge in [-0.2, -0.15) is 0 Å². The van der Waals surface area contributed by atoms with Gasteiger partial charge in [0.15, 0.2) is 0 Å². The highest BCUT2D eigenvalue weighted by molar-refractivity contribution is 5.87. The fraction of sp³-hybridized carbons (Fsp3) is 0.381. The van der Waals surface area contributed by atoms with Crippen molar-refractivity contribution < 1.29 is 9.59 Å². The minimum atomic E-state index is -0.519. The lowest BCUT2D eigenvalue weighted by molar-refractivity contribution is -0.129. The zero-order valence-corrected chi connectivity index (χ0v) is 15.4. The van der Waals surface area contributed by atoms with Crippen LogP contribution >= 0.6 is 0 Å². The van der Waals surface area contributed by atoms with E-state index in [-0.39, 0.29) is 11.8 Å². The van der Waals surface area contributed by atoms with Crippen LogP contribution in [0.15, 0.2) is 54.9 Å². The van der Waals surface area contributed by atoms with Crippen LogP contribution in [0.3, 0.4) is 0 Å². The van der Waals surface area contributed by atoms with Gasteiger partial charge >= 0.3 is 0 Å². The standard InChI is InChI=1S/C21H27N3O2/c1-16(2)13-19(21(26)23-15-18-9-6-12-22-14-18)24-20(25)11-10-17-7-4-3-5-8-17/h3-9,12,14,16,19H,10-11,13,15H2,1-2H3,(H,23,26)(H,24,25)/t19-/m1/s1. The largest absolute Gasteiger partial charge is 0.350 e. The van der Waals surface area contributed by atoms with Gasteiger partial charge in [0, 0.05) is 25.4 Å². The van der Waals surface area contributed by atoms with Crippen LogP contribution in [-0.4, -0.2) is 22.8 Å². The van der Waals surface area contributed by atoms with E-state index in [2.05, 4.69) is 15.6 Å². The Morgan fingerprint density at radius 3 is 2.42 bits per heavy atom. The molecule has 5 heteroatoms. The van der Waals surface area contributed by atoms with Gasteiger partial charge in [0.2, 0.25) is 11.8 Å². The molecule has 1 aromatic heterocycles. The summed E-state index contributed by atoms with van der Waals surface area (Å²) in [5, 5.41) is 5.78. The number of carbonyl (C=O) groups is 2. The van der Waals surface area contributed by atoms with E-state index >= 15 is 0 Å². The van der Waals surface area contributed by atoms with E-state index in [0.717, 1.165) is 11.1 Å². The van der Waals surface area contributed by atoms with Gasteiger partial charge in [-0.25, -0.2) is 0 Å². The number of hydrogen-bond acceptors (Lipinski definition) is 3. The third-order valence-corrected chi connectivity index (χ3v) is 4.03. The van der Waals surface area contributed by atoms with E-state index < -0.39 is 6.04 Å². The average molecular weight is 353 g/mol. The van der Waals surface area contributed by atoms with Crippen molar-refractivity contribution in [1.29, 1.82) is 0 Å². The monoisotopic (exact) mass is 353 g/mol. The van der Waals surface area contributed by atoms with E-state index in [4.69, 9.17) is 0 Å². The molecule has 0 saturated carbocycles. The van der Waals surface area contributed by atoms with E-state index in [1.807, 2.05) is 56.3 Å². The topological polar surface area (TPSA) is 71.1 Å². The summed E-state index contributed by atoms with van der Waals surface area (Å²) in [6.45, 7) is 4.48.